The normalized spacial score (nSPS) is 11.9. The summed E-state index contributed by atoms with van der Waals surface area (Å²) in [6.45, 7) is 6.20. The van der Waals surface area contributed by atoms with Crippen LogP contribution >= 0.6 is 23.2 Å². The van der Waals surface area contributed by atoms with E-state index in [0.717, 1.165) is 22.7 Å². The Morgan fingerprint density at radius 3 is 2.61 bits per heavy atom. The Hall–Kier alpha value is -1.91. The molecule has 3 rings (SSSR count). The van der Waals surface area contributed by atoms with Crippen molar-refractivity contribution in [2.24, 2.45) is 10.2 Å². The molecule has 0 aliphatic rings. The number of hydrogen-bond donors (Lipinski definition) is 0. The van der Waals surface area contributed by atoms with Crippen LogP contribution in [0.2, 0.25) is 10.0 Å². The molecule has 0 bridgehead atoms. The van der Waals surface area contributed by atoms with Crippen LogP contribution in [0, 0.1) is 6.92 Å². The molecule has 23 heavy (non-hydrogen) atoms. The van der Waals surface area contributed by atoms with Crippen molar-refractivity contribution in [1.82, 2.24) is 9.38 Å². The second-order valence-corrected chi connectivity index (χ2v) is 6.47. The van der Waals surface area contributed by atoms with E-state index in [0.29, 0.717) is 15.7 Å². The number of aryl methyl sites for hydroxylation is 1. The summed E-state index contributed by atoms with van der Waals surface area (Å²) in [5.41, 5.74) is 3.42. The number of benzene rings is 1. The van der Waals surface area contributed by atoms with Gasteiger partial charge in [0, 0.05) is 6.20 Å². The van der Waals surface area contributed by atoms with Gasteiger partial charge in [0.1, 0.15) is 11.3 Å². The second-order valence-electron chi connectivity index (χ2n) is 5.68. The van der Waals surface area contributed by atoms with Crippen molar-refractivity contribution in [3.63, 3.8) is 0 Å². The maximum Gasteiger partial charge on any atom is 0.183 e. The van der Waals surface area contributed by atoms with Crippen molar-refractivity contribution in [1.29, 1.82) is 0 Å². The molecule has 6 heteroatoms. The van der Waals surface area contributed by atoms with E-state index in [-0.39, 0.29) is 5.92 Å². The maximum absolute atomic E-state index is 6.17. The minimum absolute atomic E-state index is 0.235. The third-order valence-corrected chi connectivity index (χ3v) is 4.31. The maximum atomic E-state index is 6.17. The highest BCUT2D eigenvalue weighted by atomic mass is 35.5. The minimum atomic E-state index is 0.235. The van der Waals surface area contributed by atoms with Crippen LogP contribution < -0.4 is 0 Å². The lowest BCUT2D eigenvalue weighted by atomic mass is 10.1. The van der Waals surface area contributed by atoms with Crippen molar-refractivity contribution in [3.05, 3.63) is 57.8 Å². The van der Waals surface area contributed by atoms with Gasteiger partial charge in [0.05, 0.1) is 15.7 Å². The van der Waals surface area contributed by atoms with Gasteiger partial charge in [-0.25, -0.2) is 4.98 Å². The van der Waals surface area contributed by atoms with Crippen LogP contribution in [-0.4, -0.2) is 9.38 Å². The molecule has 0 amide bonds. The molecule has 4 nitrogen and oxygen atoms in total. The van der Waals surface area contributed by atoms with Gasteiger partial charge in [-0.05, 0) is 36.6 Å². The second kappa shape index (κ2) is 6.30. The van der Waals surface area contributed by atoms with E-state index < -0.39 is 0 Å². The van der Waals surface area contributed by atoms with Gasteiger partial charge < -0.3 is 0 Å². The van der Waals surface area contributed by atoms with Gasteiger partial charge in [0.2, 0.25) is 0 Å². The van der Waals surface area contributed by atoms with E-state index in [1.807, 2.05) is 29.7 Å². The Labute approximate surface area is 144 Å². The number of halogens is 2. The molecular formula is C17H16Cl2N4. The summed E-state index contributed by atoms with van der Waals surface area (Å²) in [7, 11) is 0. The zero-order chi connectivity index (χ0) is 16.6. The Kier molecular flexibility index (Phi) is 4.37. The lowest BCUT2D eigenvalue weighted by molar-refractivity contribution is 0.831. The number of nitrogens with zero attached hydrogens (tertiary/aromatic N) is 4. The summed E-state index contributed by atoms with van der Waals surface area (Å²) in [5, 5.41) is 9.55. The quantitative estimate of drug-likeness (QED) is 0.499. The first-order valence-corrected chi connectivity index (χ1v) is 8.07. The summed E-state index contributed by atoms with van der Waals surface area (Å²) in [6, 6.07) is 9.31. The highest BCUT2D eigenvalue weighted by molar-refractivity contribution is 6.43. The summed E-state index contributed by atoms with van der Waals surface area (Å²) in [6.07, 6.45) is 2.00. The molecular weight excluding hydrogens is 331 g/mol. The number of hydrogen-bond acceptors (Lipinski definition) is 3. The highest BCUT2D eigenvalue weighted by Gasteiger charge is 2.15. The number of rotatable bonds is 3. The average Bonchev–Trinajstić information content (AvgIpc) is 2.87. The van der Waals surface area contributed by atoms with Gasteiger partial charge in [0.15, 0.2) is 5.82 Å². The van der Waals surface area contributed by atoms with Crippen LogP contribution in [0.5, 0.6) is 0 Å². The van der Waals surface area contributed by atoms with Gasteiger partial charge in [-0.2, -0.15) is 0 Å². The van der Waals surface area contributed by atoms with E-state index in [1.165, 1.54) is 0 Å². The van der Waals surface area contributed by atoms with Crippen LogP contribution in [0.25, 0.3) is 5.65 Å². The van der Waals surface area contributed by atoms with Crippen molar-refractivity contribution in [2.75, 3.05) is 0 Å². The summed E-state index contributed by atoms with van der Waals surface area (Å²) in [4.78, 5) is 4.66. The van der Waals surface area contributed by atoms with E-state index >= 15 is 0 Å². The van der Waals surface area contributed by atoms with Crippen LogP contribution in [0.4, 0.5) is 11.5 Å². The van der Waals surface area contributed by atoms with Crippen LogP contribution in [-0.2, 0) is 0 Å². The zero-order valence-corrected chi connectivity index (χ0v) is 14.6. The van der Waals surface area contributed by atoms with Crippen LogP contribution in [0.1, 0.15) is 31.0 Å². The molecule has 0 saturated carbocycles. The van der Waals surface area contributed by atoms with E-state index in [1.54, 1.807) is 18.2 Å². The monoisotopic (exact) mass is 346 g/mol. The molecule has 0 aliphatic heterocycles. The smallest absolute Gasteiger partial charge is 0.183 e. The molecule has 2 aromatic heterocycles. The fourth-order valence-electron chi connectivity index (χ4n) is 2.31. The van der Waals surface area contributed by atoms with Crippen LogP contribution in [0.3, 0.4) is 0 Å². The first-order chi connectivity index (χ1) is 11.0. The van der Waals surface area contributed by atoms with Crippen molar-refractivity contribution in [2.45, 2.75) is 26.7 Å². The SMILES string of the molecule is Cc1ccc2nc(C(C)C)c(N=Nc3cccc(Cl)c3Cl)n2c1. The van der Waals surface area contributed by atoms with Gasteiger partial charge >= 0.3 is 0 Å². The number of imidazole rings is 1. The molecule has 0 atom stereocenters. The lowest BCUT2D eigenvalue weighted by Crippen LogP contribution is -1.88. The minimum Gasteiger partial charge on any atom is -0.283 e. The molecule has 2 heterocycles. The fourth-order valence-corrected chi connectivity index (χ4v) is 2.65. The predicted octanol–water partition coefficient (Wildman–Crippen LogP) is 6.49. The number of fused-ring (bicyclic) bond motifs is 1. The fraction of sp³-hybridized carbons (Fsp3) is 0.235. The molecule has 0 saturated heterocycles. The molecule has 0 spiro atoms. The molecule has 0 fully saturated rings. The Bertz CT molecular complexity index is 897. The number of pyridine rings is 1. The molecule has 3 aromatic rings. The first kappa shape index (κ1) is 16.0. The van der Waals surface area contributed by atoms with E-state index in [2.05, 4.69) is 29.1 Å². The summed E-state index contributed by atoms with van der Waals surface area (Å²) in [5.74, 6) is 0.953. The number of azo groups is 1. The van der Waals surface area contributed by atoms with E-state index in [4.69, 9.17) is 23.2 Å². The third-order valence-electron chi connectivity index (χ3n) is 3.50. The molecule has 0 radical (unpaired) electrons. The number of aromatic nitrogens is 2. The first-order valence-electron chi connectivity index (χ1n) is 7.31. The third kappa shape index (κ3) is 3.09. The van der Waals surface area contributed by atoms with Gasteiger partial charge in [0.25, 0.3) is 0 Å². The lowest BCUT2D eigenvalue weighted by Gasteiger charge is -2.03. The molecule has 0 unspecified atom stereocenters. The summed E-state index contributed by atoms with van der Waals surface area (Å²) >= 11 is 12.2. The summed E-state index contributed by atoms with van der Waals surface area (Å²) < 4.78 is 1.95. The molecule has 118 valence electrons. The molecule has 0 aliphatic carbocycles. The van der Waals surface area contributed by atoms with Crippen molar-refractivity contribution < 1.29 is 0 Å². The standard InChI is InChI=1S/C17H16Cl2N4/c1-10(2)16-17(23-9-11(3)7-8-14(23)20-16)22-21-13-6-4-5-12(18)15(13)19/h4-10H,1-3H3. The zero-order valence-electron chi connectivity index (χ0n) is 13.1. The van der Waals surface area contributed by atoms with Crippen molar-refractivity contribution >= 4 is 40.4 Å². The Morgan fingerprint density at radius 2 is 1.87 bits per heavy atom. The van der Waals surface area contributed by atoms with Gasteiger partial charge in [-0.1, -0.05) is 49.2 Å². The largest absolute Gasteiger partial charge is 0.283 e. The average molecular weight is 347 g/mol. The Balaban J connectivity index is 2.14. The van der Waals surface area contributed by atoms with Gasteiger partial charge in [-0.15, -0.1) is 10.2 Å². The predicted molar refractivity (Wildman–Crippen MR) is 94.7 cm³/mol. The topological polar surface area (TPSA) is 42.0 Å². The molecule has 1 aromatic carbocycles. The highest BCUT2D eigenvalue weighted by Crippen LogP contribution is 2.34. The molecule has 0 N–H and O–H groups in total. The van der Waals surface area contributed by atoms with Crippen molar-refractivity contribution in [3.8, 4) is 0 Å². The van der Waals surface area contributed by atoms with E-state index in [9.17, 15) is 0 Å². The van der Waals surface area contributed by atoms with Gasteiger partial charge in [-0.3, -0.25) is 4.40 Å². The Morgan fingerprint density at radius 1 is 1.09 bits per heavy atom. The van der Waals surface area contributed by atoms with Crippen LogP contribution in [0.15, 0.2) is 46.8 Å².